The molecule has 1 fully saturated rings. The molecule has 1 aliphatic carbocycles. The molecule has 10 heteroatoms. The lowest BCUT2D eigenvalue weighted by Gasteiger charge is -2.18. The fourth-order valence-electron chi connectivity index (χ4n) is 2.95. The molecule has 1 amide bonds. The molecule has 0 aliphatic heterocycles. The minimum Gasteiger partial charge on any atom is -0.271 e. The van der Waals surface area contributed by atoms with Crippen LogP contribution in [0.1, 0.15) is 54.4 Å². The first-order chi connectivity index (χ1) is 12.5. The molecule has 2 heterocycles. The molecule has 6 nitrogen and oxygen atoms in total. The summed E-state index contributed by atoms with van der Waals surface area (Å²) in [6.45, 7) is 4.80. The fraction of sp³-hybridized carbons (Fsp3) is 0.471. The van der Waals surface area contributed by atoms with Gasteiger partial charge in [0.15, 0.2) is 5.69 Å². The monoisotopic (exact) mass is 402 g/mol. The number of aromatic nitrogens is 3. The maximum absolute atomic E-state index is 13.2. The van der Waals surface area contributed by atoms with Crippen LogP contribution in [0.4, 0.5) is 13.2 Å². The van der Waals surface area contributed by atoms with Gasteiger partial charge in [-0.1, -0.05) is 11.6 Å². The average molecular weight is 403 g/mol. The number of nitrogens with zero attached hydrogens (tertiary/aromatic N) is 3. The van der Waals surface area contributed by atoms with Gasteiger partial charge < -0.3 is 0 Å². The summed E-state index contributed by atoms with van der Waals surface area (Å²) in [6, 6.07) is 1.97. The van der Waals surface area contributed by atoms with Gasteiger partial charge in [0.2, 0.25) is 0 Å². The van der Waals surface area contributed by atoms with Crippen LogP contribution in [-0.4, -0.2) is 20.4 Å². The summed E-state index contributed by atoms with van der Waals surface area (Å²) < 4.78 is 41.6. The molecule has 0 spiro atoms. The van der Waals surface area contributed by atoms with Gasteiger partial charge in [-0.05, 0) is 45.2 Å². The lowest BCUT2D eigenvalue weighted by atomic mass is 10.2. The summed E-state index contributed by atoms with van der Waals surface area (Å²) in [4.78, 5) is 24.7. The van der Waals surface area contributed by atoms with Gasteiger partial charge in [0.1, 0.15) is 6.04 Å². The Balaban J connectivity index is 1.95. The average Bonchev–Trinajstić information content (AvgIpc) is 3.31. The molecule has 0 bridgehead atoms. The van der Waals surface area contributed by atoms with Crippen molar-refractivity contribution in [2.75, 3.05) is 5.43 Å². The predicted molar refractivity (Wildman–Crippen MR) is 93.5 cm³/mol. The molecule has 2 aromatic rings. The number of alkyl halides is 3. The Kier molecular flexibility index (Phi) is 4.83. The second-order valence-corrected chi connectivity index (χ2v) is 7.14. The van der Waals surface area contributed by atoms with Crippen molar-refractivity contribution in [2.45, 2.75) is 51.7 Å². The minimum atomic E-state index is -4.72. The molecule has 3 rings (SSSR count). The van der Waals surface area contributed by atoms with Gasteiger partial charge in [-0.25, -0.2) is 4.68 Å². The van der Waals surface area contributed by atoms with E-state index in [-0.39, 0.29) is 11.6 Å². The van der Waals surface area contributed by atoms with Crippen molar-refractivity contribution in [3.05, 3.63) is 50.2 Å². The second kappa shape index (κ2) is 6.70. The maximum Gasteiger partial charge on any atom is 0.436 e. The Morgan fingerprint density at radius 3 is 2.48 bits per heavy atom. The summed E-state index contributed by atoms with van der Waals surface area (Å²) in [5.41, 5.74) is 2.24. The van der Waals surface area contributed by atoms with Crippen molar-refractivity contribution in [1.82, 2.24) is 14.5 Å². The molecular weight excluding hydrogens is 385 g/mol. The third-order valence-electron chi connectivity index (χ3n) is 4.45. The number of rotatable bonds is 4. The fourth-order valence-corrected chi connectivity index (χ4v) is 3.34. The molecule has 0 radical (unpaired) electrons. The number of hydrogen-bond acceptors (Lipinski definition) is 3. The number of carbonyl (C=O) groups is 1. The van der Waals surface area contributed by atoms with Crippen LogP contribution in [0.25, 0.3) is 0 Å². The molecule has 146 valence electrons. The number of aryl methyl sites for hydroxylation is 2. The van der Waals surface area contributed by atoms with Gasteiger partial charge in [-0.2, -0.15) is 18.3 Å². The number of carbonyl (C=O) groups excluding carboxylic acids is 1. The van der Waals surface area contributed by atoms with Crippen LogP contribution in [0.5, 0.6) is 0 Å². The topological polar surface area (TPSA) is 68.9 Å². The van der Waals surface area contributed by atoms with E-state index in [2.05, 4.69) is 10.5 Å². The van der Waals surface area contributed by atoms with Crippen LogP contribution < -0.4 is 11.0 Å². The number of nitrogens with one attached hydrogen (secondary N) is 1. The third-order valence-corrected chi connectivity index (χ3v) is 4.82. The second-order valence-electron chi connectivity index (χ2n) is 6.76. The molecule has 0 unspecified atom stereocenters. The van der Waals surface area contributed by atoms with E-state index in [1.165, 1.54) is 13.0 Å². The molecule has 0 aromatic carbocycles. The number of amides is 1. The van der Waals surface area contributed by atoms with Gasteiger partial charge in [-0.15, -0.1) is 0 Å². The Labute approximate surface area is 157 Å². The van der Waals surface area contributed by atoms with E-state index in [4.69, 9.17) is 11.6 Å². The van der Waals surface area contributed by atoms with Crippen molar-refractivity contribution in [1.29, 1.82) is 0 Å². The largest absolute Gasteiger partial charge is 0.436 e. The van der Waals surface area contributed by atoms with Crippen LogP contribution in [0.2, 0.25) is 5.02 Å². The summed E-state index contributed by atoms with van der Waals surface area (Å²) in [5, 5.41) is 3.11. The lowest BCUT2D eigenvalue weighted by molar-refractivity contribution is -0.141. The first kappa shape index (κ1) is 19.5. The Morgan fingerprint density at radius 2 is 1.96 bits per heavy atom. The van der Waals surface area contributed by atoms with Gasteiger partial charge in [-0.3, -0.25) is 19.7 Å². The smallest absolute Gasteiger partial charge is 0.271 e. The van der Waals surface area contributed by atoms with E-state index in [0.717, 1.165) is 14.9 Å². The summed E-state index contributed by atoms with van der Waals surface area (Å²) in [6.07, 6.45) is -3.34. The van der Waals surface area contributed by atoms with E-state index in [1.807, 2.05) is 0 Å². The van der Waals surface area contributed by atoms with E-state index in [9.17, 15) is 22.8 Å². The number of hydrogen-bond donors (Lipinski definition) is 1. The van der Waals surface area contributed by atoms with Crippen molar-refractivity contribution < 1.29 is 18.0 Å². The van der Waals surface area contributed by atoms with Crippen molar-refractivity contribution in [3.8, 4) is 0 Å². The van der Waals surface area contributed by atoms with Crippen molar-refractivity contribution in [3.63, 3.8) is 0 Å². The number of pyridine rings is 1. The zero-order chi connectivity index (χ0) is 20.1. The van der Waals surface area contributed by atoms with E-state index in [1.54, 1.807) is 19.9 Å². The van der Waals surface area contributed by atoms with Gasteiger partial charge in [0.05, 0.1) is 10.7 Å². The quantitative estimate of drug-likeness (QED) is 0.850. The van der Waals surface area contributed by atoms with Crippen LogP contribution in [-0.2, 0) is 11.0 Å². The highest BCUT2D eigenvalue weighted by Crippen LogP contribution is 2.47. The van der Waals surface area contributed by atoms with E-state index < -0.39 is 34.4 Å². The minimum absolute atomic E-state index is 0.153. The van der Waals surface area contributed by atoms with Crippen LogP contribution >= 0.6 is 11.6 Å². The number of halogens is 4. The molecule has 2 aromatic heterocycles. The highest BCUT2D eigenvalue weighted by atomic mass is 35.5. The van der Waals surface area contributed by atoms with Crippen LogP contribution in [0.15, 0.2) is 16.9 Å². The maximum atomic E-state index is 13.2. The normalized spacial score (nSPS) is 15.7. The molecule has 1 N–H and O–H groups in total. The van der Waals surface area contributed by atoms with E-state index in [0.29, 0.717) is 18.5 Å². The van der Waals surface area contributed by atoms with Gasteiger partial charge >= 0.3 is 6.18 Å². The molecular formula is C17H18ClF3N4O2. The van der Waals surface area contributed by atoms with Gasteiger partial charge in [0, 0.05) is 17.7 Å². The summed E-state index contributed by atoms with van der Waals surface area (Å²) in [7, 11) is 0. The first-order valence-electron chi connectivity index (χ1n) is 8.37. The van der Waals surface area contributed by atoms with Crippen LogP contribution in [0, 0.1) is 13.8 Å². The molecule has 1 aliphatic rings. The highest BCUT2D eigenvalue weighted by Gasteiger charge is 2.43. The van der Waals surface area contributed by atoms with Crippen molar-refractivity contribution in [2.24, 2.45) is 0 Å². The van der Waals surface area contributed by atoms with Crippen LogP contribution in [0.3, 0.4) is 0 Å². The molecule has 1 saturated carbocycles. The summed E-state index contributed by atoms with van der Waals surface area (Å²) >= 11 is 5.94. The molecule has 0 saturated heterocycles. The zero-order valence-corrected chi connectivity index (χ0v) is 15.6. The lowest BCUT2D eigenvalue weighted by Crippen LogP contribution is -2.38. The third kappa shape index (κ3) is 3.73. The van der Waals surface area contributed by atoms with Gasteiger partial charge in [0.25, 0.3) is 11.5 Å². The summed E-state index contributed by atoms with van der Waals surface area (Å²) in [5.74, 6) is -0.820. The SMILES string of the molecule is Cc1cc(C)n(NC(=O)[C@H](C)n2nc(C(F)(F)F)c(Cl)c2C2CC2)c(=O)c1. The standard InChI is InChI=1S/C17H18ClF3N4O2/c1-8-6-9(2)24(12(26)7-8)23-16(27)10(3)25-14(11-4-5-11)13(18)15(22-25)17(19,20)21/h6-7,10-11H,4-5H2,1-3H3,(H,23,27)/t10-/m0/s1. The van der Waals surface area contributed by atoms with Crippen molar-refractivity contribution >= 4 is 17.5 Å². The molecule has 27 heavy (non-hydrogen) atoms. The van der Waals surface area contributed by atoms with E-state index >= 15 is 0 Å². The Hall–Kier alpha value is -2.29. The predicted octanol–water partition coefficient (Wildman–Crippen LogP) is 3.54. The molecule has 1 atom stereocenters. The highest BCUT2D eigenvalue weighted by molar-refractivity contribution is 6.32. The first-order valence-corrected chi connectivity index (χ1v) is 8.74. The zero-order valence-electron chi connectivity index (χ0n) is 14.9. The Morgan fingerprint density at radius 1 is 1.33 bits per heavy atom. The Bertz CT molecular complexity index is 960.